The van der Waals surface area contributed by atoms with E-state index in [2.05, 4.69) is 23.7 Å². The minimum Gasteiger partial charge on any atom is -0.477 e. The van der Waals surface area contributed by atoms with E-state index in [-0.39, 0.29) is 23.1 Å². The molecule has 2 fully saturated rings. The fraction of sp³-hybridized carbons (Fsp3) is 0.611. The van der Waals surface area contributed by atoms with E-state index in [4.69, 9.17) is 5.11 Å². The zero-order valence-electron chi connectivity index (χ0n) is 14.4. The Morgan fingerprint density at radius 1 is 1.25 bits per heavy atom. The van der Waals surface area contributed by atoms with E-state index in [1.165, 1.54) is 6.07 Å². The van der Waals surface area contributed by atoms with Crippen LogP contribution in [0.25, 0.3) is 0 Å². The Kier molecular flexibility index (Phi) is 4.47. The molecule has 2 saturated heterocycles. The van der Waals surface area contributed by atoms with E-state index in [0.29, 0.717) is 6.42 Å². The predicted molar refractivity (Wildman–Crippen MR) is 91.2 cm³/mol. The lowest BCUT2D eigenvalue weighted by molar-refractivity contribution is -0.140. The van der Waals surface area contributed by atoms with Crippen molar-refractivity contribution < 1.29 is 14.7 Å². The lowest BCUT2D eigenvalue weighted by Gasteiger charge is -2.48. The number of amides is 1. The van der Waals surface area contributed by atoms with Crippen LogP contribution in [0.4, 0.5) is 5.82 Å². The Morgan fingerprint density at radius 2 is 1.96 bits per heavy atom. The van der Waals surface area contributed by atoms with Crippen molar-refractivity contribution in [2.24, 2.45) is 5.41 Å². The molecular weight excluding hydrogens is 306 g/mol. The first-order valence-electron chi connectivity index (χ1n) is 8.65. The molecule has 3 rings (SSSR count). The van der Waals surface area contributed by atoms with Crippen molar-refractivity contribution in [2.75, 3.05) is 24.5 Å². The summed E-state index contributed by atoms with van der Waals surface area (Å²) in [6, 6.07) is 5.39. The first kappa shape index (κ1) is 16.7. The first-order valence-corrected chi connectivity index (χ1v) is 8.65. The van der Waals surface area contributed by atoms with Gasteiger partial charge in [0.15, 0.2) is 5.69 Å². The molecule has 0 bridgehead atoms. The second kappa shape index (κ2) is 6.42. The van der Waals surface area contributed by atoms with Crippen LogP contribution < -0.4 is 4.90 Å². The summed E-state index contributed by atoms with van der Waals surface area (Å²) < 4.78 is 0. The second-order valence-corrected chi connectivity index (χ2v) is 7.29. The molecule has 1 N–H and O–H groups in total. The molecular formula is C18H25N3O3. The van der Waals surface area contributed by atoms with E-state index in [1.807, 2.05) is 11.0 Å². The largest absolute Gasteiger partial charge is 0.477 e. The van der Waals surface area contributed by atoms with E-state index >= 15 is 0 Å². The molecule has 0 aliphatic carbocycles. The number of rotatable bonds is 3. The summed E-state index contributed by atoms with van der Waals surface area (Å²) in [7, 11) is 0. The molecule has 0 atom stereocenters. The van der Waals surface area contributed by atoms with Gasteiger partial charge in [0.25, 0.3) is 0 Å². The average molecular weight is 331 g/mol. The number of carbonyl (C=O) groups excluding carboxylic acids is 1. The molecule has 1 amide bonds. The van der Waals surface area contributed by atoms with Gasteiger partial charge >= 0.3 is 5.97 Å². The fourth-order valence-electron chi connectivity index (χ4n) is 3.85. The van der Waals surface area contributed by atoms with Gasteiger partial charge in [-0.2, -0.15) is 0 Å². The van der Waals surface area contributed by atoms with Crippen LogP contribution >= 0.6 is 0 Å². The topological polar surface area (TPSA) is 73.7 Å². The summed E-state index contributed by atoms with van der Waals surface area (Å²) in [5.41, 5.74) is 0.293. The molecule has 3 heterocycles. The van der Waals surface area contributed by atoms with Crippen molar-refractivity contribution in [3.05, 3.63) is 23.9 Å². The summed E-state index contributed by atoms with van der Waals surface area (Å²) in [4.78, 5) is 31.6. The van der Waals surface area contributed by atoms with Crippen molar-refractivity contribution in [1.29, 1.82) is 0 Å². The molecule has 1 spiro atoms. The van der Waals surface area contributed by atoms with Crippen LogP contribution in [-0.4, -0.2) is 52.5 Å². The Bertz CT molecular complexity index is 636. The number of likely N-dealkylation sites (tertiary alicyclic amines) is 1. The van der Waals surface area contributed by atoms with Crippen LogP contribution in [-0.2, 0) is 4.79 Å². The number of aromatic nitrogens is 1. The van der Waals surface area contributed by atoms with Crippen LogP contribution in [0.3, 0.4) is 0 Å². The van der Waals surface area contributed by atoms with Gasteiger partial charge in [-0.05, 0) is 50.7 Å². The van der Waals surface area contributed by atoms with Gasteiger partial charge in [-0.1, -0.05) is 6.07 Å². The zero-order valence-corrected chi connectivity index (χ0v) is 14.4. The SMILES string of the molecule is CC(C)N1CC2(CCC1=O)CCN(c1cccc(C(=O)O)n1)CC2. The van der Waals surface area contributed by atoms with Gasteiger partial charge in [0.1, 0.15) is 5.82 Å². The van der Waals surface area contributed by atoms with Crippen LogP contribution in [0.1, 0.15) is 50.0 Å². The molecule has 1 aromatic rings. The monoisotopic (exact) mass is 331 g/mol. The van der Waals surface area contributed by atoms with Crippen LogP contribution in [0.2, 0.25) is 0 Å². The number of nitrogens with zero attached hydrogens (tertiary/aromatic N) is 3. The minimum atomic E-state index is -0.997. The van der Waals surface area contributed by atoms with E-state index < -0.39 is 5.97 Å². The number of hydrogen-bond donors (Lipinski definition) is 1. The third-order valence-corrected chi connectivity index (χ3v) is 5.42. The molecule has 24 heavy (non-hydrogen) atoms. The summed E-state index contributed by atoms with van der Waals surface area (Å²) in [6.45, 7) is 6.72. The van der Waals surface area contributed by atoms with Gasteiger partial charge in [0.2, 0.25) is 5.91 Å². The number of pyridine rings is 1. The number of anilines is 1. The third-order valence-electron chi connectivity index (χ3n) is 5.42. The molecule has 0 aromatic carbocycles. The normalized spacial score (nSPS) is 20.7. The van der Waals surface area contributed by atoms with Gasteiger partial charge < -0.3 is 14.9 Å². The maximum Gasteiger partial charge on any atom is 0.354 e. The summed E-state index contributed by atoms with van der Waals surface area (Å²) in [5.74, 6) is 0.00919. The standard InChI is InChI=1S/C18H25N3O3/c1-13(2)21-12-18(7-6-16(21)22)8-10-20(11-9-18)15-5-3-4-14(19-15)17(23)24/h3-5,13H,6-12H2,1-2H3,(H,23,24). The lowest BCUT2D eigenvalue weighted by Crippen LogP contribution is -2.53. The van der Waals surface area contributed by atoms with E-state index in [9.17, 15) is 9.59 Å². The van der Waals surface area contributed by atoms with Gasteiger partial charge in [-0.3, -0.25) is 4.79 Å². The predicted octanol–water partition coefficient (Wildman–Crippen LogP) is 2.40. The summed E-state index contributed by atoms with van der Waals surface area (Å²) in [6.07, 6.45) is 3.64. The lowest BCUT2D eigenvalue weighted by atomic mass is 9.72. The van der Waals surface area contributed by atoms with Gasteiger partial charge in [0, 0.05) is 32.1 Å². The molecule has 6 nitrogen and oxygen atoms in total. The highest BCUT2D eigenvalue weighted by Crippen LogP contribution is 2.41. The number of piperidine rings is 2. The molecule has 130 valence electrons. The van der Waals surface area contributed by atoms with Crippen molar-refractivity contribution in [2.45, 2.75) is 45.6 Å². The Hall–Kier alpha value is -2.11. The molecule has 2 aliphatic heterocycles. The first-order chi connectivity index (χ1) is 11.4. The zero-order chi connectivity index (χ0) is 17.3. The third kappa shape index (κ3) is 3.23. The molecule has 0 saturated carbocycles. The van der Waals surface area contributed by atoms with E-state index in [1.54, 1.807) is 6.07 Å². The summed E-state index contributed by atoms with van der Waals surface area (Å²) in [5, 5.41) is 9.09. The average Bonchev–Trinajstić information content (AvgIpc) is 2.58. The van der Waals surface area contributed by atoms with Crippen molar-refractivity contribution >= 4 is 17.7 Å². The Morgan fingerprint density at radius 3 is 2.58 bits per heavy atom. The van der Waals surface area contributed by atoms with Crippen molar-refractivity contribution in [1.82, 2.24) is 9.88 Å². The number of carboxylic acid groups (broad SMARTS) is 1. The Balaban J connectivity index is 1.68. The van der Waals surface area contributed by atoms with Crippen LogP contribution in [0.15, 0.2) is 18.2 Å². The maximum atomic E-state index is 12.1. The van der Waals surface area contributed by atoms with Gasteiger partial charge in [0.05, 0.1) is 0 Å². The number of aromatic carboxylic acids is 1. The molecule has 1 aromatic heterocycles. The van der Waals surface area contributed by atoms with Crippen molar-refractivity contribution in [3.63, 3.8) is 0 Å². The van der Waals surface area contributed by atoms with Crippen molar-refractivity contribution in [3.8, 4) is 0 Å². The Labute approximate surface area is 142 Å². The minimum absolute atomic E-state index is 0.0852. The van der Waals surface area contributed by atoms with Crippen LogP contribution in [0.5, 0.6) is 0 Å². The van der Waals surface area contributed by atoms with Gasteiger partial charge in [-0.15, -0.1) is 0 Å². The molecule has 0 unspecified atom stereocenters. The molecule has 2 aliphatic rings. The smallest absolute Gasteiger partial charge is 0.354 e. The second-order valence-electron chi connectivity index (χ2n) is 7.29. The maximum absolute atomic E-state index is 12.1. The summed E-state index contributed by atoms with van der Waals surface area (Å²) >= 11 is 0. The van der Waals surface area contributed by atoms with Crippen LogP contribution in [0, 0.1) is 5.41 Å². The highest BCUT2D eigenvalue weighted by Gasteiger charge is 2.41. The van der Waals surface area contributed by atoms with E-state index in [0.717, 1.165) is 44.7 Å². The van der Waals surface area contributed by atoms with Gasteiger partial charge in [-0.25, -0.2) is 9.78 Å². The highest BCUT2D eigenvalue weighted by atomic mass is 16.4. The fourth-order valence-corrected chi connectivity index (χ4v) is 3.85. The highest BCUT2D eigenvalue weighted by molar-refractivity contribution is 5.85. The number of carbonyl (C=O) groups is 2. The number of carboxylic acids is 1. The molecule has 0 radical (unpaired) electrons. The quantitative estimate of drug-likeness (QED) is 0.920. The number of hydrogen-bond acceptors (Lipinski definition) is 4. The molecule has 6 heteroatoms.